The molecule has 2 rings (SSSR count). The summed E-state index contributed by atoms with van der Waals surface area (Å²) in [6, 6.07) is 1.60. The molecule has 2 heterocycles. The van der Waals surface area contributed by atoms with E-state index in [2.05, 4.69) is 4.98 Å². The van der Waals surface area contributed by atoms with Crippen molar-refractivity contribution in [3.8, 4) is 11.4 Å². The van der Waals surface area contributed by atoms with Crippen molar-refractivity contribution in [2.45, 2.75) is 32.9 Å². The molecular weight excluding hydrogens is 292 g/mol. The fourth-order valence-electron chi connectivity index (χ4n) is 1.98. The van der Waals surface area contributed by atoms with E-state index in [-0.39, 0.29) is 21.9 Å². The molecule has 2 nitrogen and oxygen atoms in total. The molecule has 0 aliphatic carbocycles. The molecule has 7 heteroatoms. The van der Waals surface area contributed by atoms with E-state index in [0.717, 1.165) is 0 Å². The van der Waals surface area contributed by atoms with Crippen molar-refractivity contribution in [3.05, 3.63) is 33.3 Å². The summed E-state index contributed by atoms with van der Waals surface area (Å²) < 4.78 is 52.3. The maximum Gasteiger partial charge on any atom is 0.434 e. The minimum absolute atomic E-state index is 0.0503. The summed E-state index contributed by atoms with van der Waals surface area (Å²) >= 11 is 5.06. The van der Waals surface area contributed by atoms with Crippen molar-refractivity contribution < 1.29 is 17.6 Å². The summed E-state index contributed by atoms with van der Waals surface area (Å²) in [5, 5.41) is 0. The Balaban J connectivity index is 2.85. The first-order valence-electron chi connectivity index (χ1n) is 5.93. The average Bonchev–Trinajstić information content (AvgIpc) is 2.31. The van der Waals surface area contributed by atoms with Crippen LogP contribution in [0.2, 0.25) is 0 Å². The van der Waals surface area contributed by atoms with Crippen LogP contribution in [0.4, 0.5) is 17.6 Å². The Morgan fingerprint density at radius 3 is 2.40 bits per heavy atom. The number of hydrogen-bond donors (Lipinski definition) is 1. The van der Waals surface area contributed by atoms with Gasteiger partial charge in [-0.3, -0.25) is 0 Å². The molecule has 0 fully saturated rings. The Labute approximate surface area is 118 Å². The van der Waals surface area contributed by atoms with Crippen LogP contribution in [0.5, 0.6) is 0 Å². The molecule has 0 aromatic heterocycles. The van der Waals surface area contributed by atoms with Crippen molar-refractivity contribution in [1.82, 2.24) is 9.97 Å². The van der Waals surface area contributed by atoms with Crippen molar-refractivity contribution >= 4 is 12.2 Å². The Morgan fingerprint density at radius 2 is 1.90 bits per heavy atom. The van der Waals surface area contributed by atoms with Crippen molar-refractivity contribution in [3.63, 3.8) is 0 Å². The standard InChI is InChI=1S/C13H12F4N2S/c1-5(2)7-4-8-6(3)9(14)10(13(15,16)17)18-11(8)19-12(7)20/h4-5H,1-3H3,(H,18,19,20). The van der Waals surface area contributed by atoms with E-state index in [9.17, 15) is 17.6 Å². The van der Waals surface area contributed by atoms with Crippen molar-refractivity contribution in [2.24, 2.45) is 0 Å². The molecule has 2 aliphatic rings. The van der Waals surface area contributed by atoms with Crippen LogP contribution in [0.1, 0.15) is 36.6 Å². The molecule has 0 bridgehead atoms. The number of aromatic amines is 1. The highest BCUT2D eigenvalue weighted by atomic mass is 32.1. The lowest BCUT2D eigenvalue weighted by molar-refractivity contribution is -0.143. The van der Waals surface area contributed by atoms with Gasteiger partial charge < -0.3 is 4.98 Å². The normalized spacial score (nSPS) is 12.4. The number of H-pyrrole nitrogens is 1. The summed E-state index contributed by atoms with van der Waals surface area (Å²) in [4.78, 5) is 5.97. The third kappa shape index (κ3) is 2.42. The highest BCUT2D eigenvalue weighted by Crippen LogP contribution is 2.36. The van der Waals surface area contributed by atoms with E-state index in [1.165, 1.54) is 6.92 Å². The second-order valence-electron chi connectivity index (χ2n) is 4.87. The van der Waals surface area contributed by atoms with E-state index >= 15 is 0 Å². The molecule has 0 atom stereocenters. The van der Waals surface area contributed by atoms with E-state index in [4.69, 9.17) is 12.2 Å². The number of nitrogens with one attached hydrogen (secondary N) is 1. The molecule has 108 valence electrons. The van der Waals surface area contributed by atoms with Gasteiger partial charge in [0.2, 0.25) is 0 Å². The third-order valence-corrected chi connectivity index (χ3v) is 3.44. The third-order valence-electron chi connectivity index (χ3n) is 3.12. The van der Waals surface area contributed by atoms with Crippen LogP contribution in [0, 0.1) is 17.4 Å². The topological polar surface area (TPSA) is 28.7 Å². The van der Waals surface area contributed by atoms with Crippen LogP contribution in [0.3, 0.4) is 0 Å². The van der Waals surface area contributed by atoms with Gasteiger partial charge in [0.05, 0.1) is 0 Å². The average molecular weight is 304 g/mol. The number of alkyl halides is 3. The SMILES string of the molecule is Cc1c2cc(C(C)C)c(=S)nc-2[nH]c(C(F)(F)F)c1F. The Kier molecular flexibility index (Phi) is 3.58. The first kappa shape index (κ1) is 14.9. The van der Waals surface area contributed by atoms with E-state index in [1.807, 2.05) is 18.8 Å². The van der Waals surface area contributed by atoms with E-state index in [0.29, 0.717) is 11.1 Å². The number of halogens is 4. The summed E-state index contributed by atoms with van der Waals surface area (Å²) in [7, 11) is 0. The van der Waals surface area contributed by atoms with Crippen LogP contribution in [0.15, 0.2) is 6.07 Å². The maximum atomic E-state index is 13.9. The predicted molar refractivity (Wildman–Crippen MR) is 69.8 cm³/mol. The molecule has 0 aromatic carbocycles. The van der Waals surface area contributed by atoms with Crippen LogP contribution >= 0.6 is 12.2 Å². The molecule has 0 radical (unpaired) electrons. The zero-order valence-corrected chi connectivity index (χ0v) is 11.8. The molecule has 2 aliphatic heterocycles. The van der Waals surface area contributed by atoms with Gasteiger partial charge in [-0.25, -0.2) is 9.37 Å². The first-order valence-corrected chi connectivity index (χ1v) is 6.34. The zero-order chi connectivity index (χ0) is 15.2. The number of fused-ring (bicyclic) bond motifs is 1. The van der Waals surface area contributed by atoms with Gasteiger partial charge in [0.15, 0.2) is 11.5 Å². The monoisotopic (exact) mass is 304 g/mol. The van der Waals surface area contributed by atoms with Gasteiger partial charge in [-0.15, -0.1) is 0 Å². The smallest absolute Gasteiger partial charge is 0.333 e. The van der Waals surface area contributed by atoms with Gasteiger partial charge >= 0.3 is 6.18 Å². The minimum atomic E-state index is -4.80. The molecule has 1 N–H and O–H groups in total. The second-order valence-corrected chi connectivity index (χ2v) is 5.26. The van der Waals surface area contributed by atoms with Gasteiger partial charge in [-0.2, -0.15) is 13.2 Å². The first-order chi connectivity index (χ1) is 9.12. The molecule has 0 unspecified atom stereocenters. The maximum absolute atomic E-state index is 13.9. The van der Waals surface area contributed by atoms with Crippen LogP contribution in [-0.4, -0.2) is 9.97 Å². The Morgan fingerprint density at radius 1 is 1.30 bits per heavy atom. The van der Waals surface area contributed by atoms with Gasteiger partial charge in [0.1, 0.15) is 10.5 Å². The van der Waals surface area contributed by atoms with Crippen molar-refractivity contribution in [1.29, 1.82) is 0 Å². The largest absolute Gasteiger partial charge is 0.434 e. The summed E-state index contributed by atoms with van der Waals surface area (Å²) in [5.74, 6) is -1.30. The Hall–Kier alpha value is -1.50. The predicted octanol–water partition coefficient (Wildman–Crippen LogP) is 4.83. The highest BCUT2D eigenvalue weighted by molar-refractivity contribution is 7.71. The lowest BCUT2D eigenvalue weighted by Gasteiger charge is -2.17. The summed E-state index contributed by atoms with van der Waals surface area (Å²) in [5.41, 5.74) is -0.492. The van der Waals surface area contributed by atoms with E-state index in [1.54, 1.807) is 6.07 Å². The summed E-state index contributed by atoms with van der Waals surface area (Å²) in [6.45, 7) is 5.08. The molecular formula is C13H12F4N2S. The fourth-order valence-corrected chi connectivity index (χ4v) is 2.37. The van der Waals surface area contributed by atoms with Crippen LogP contribution in [0.25, 0.3) is 11.4 Å². The lowest BCUT2D eigenvalue weighted by atomic mass is 9.99. The number of hydrogen-bond acceptors (Lipinski definition) is 2. The molecule has 0 spiro atoms. The molecule has 0 amide bonds. The fraction of sp³-hybridized carbons (Fsp3) is 0.385. The zero-order valence-electron chi connectivity index (χ0n) is 11.0. The number of aromatic nitrogens is 2. The minimum Gasteiger partial charge on any atom is -0.333 e. The van der Waals surface area contributed by atoms with Crippen LogP contribution < -0.4 is 0 Å². The number of nitrogens with zero attached hydrogens (tertiary/aromatic N) is 1. The van der Waals surface area contributed by atoms with Gasteiger partial charge in [-0.1, -0.05) is 26.1 Å². The molecule has 0 aromatic rings. The quantitative estimate of drug-likeness (QED) is 0.603. The lowest BCUT2D eigenvalue weighted by Crippen LogP contribution is -2.15. The van der Waals surface area contributed by atoms with Gasteiger partial charge in [-0.05, 0) is 30.0 Å². The molecule has 20 heavy (non-hydrogen) atoms. The number of rotatable bonds is 1. The van der Waals surface area contributed by atoms with E-state index < -0.39 is 17.7 Å². The van der Waals surface area contributed by atoms with Gasteiger partial charge in [0, 0.05) is 5.56 Å². The second kappa shape index (κ2) is 4.80. The summed E-state index contributed by atoms with van der Waals surface area (Å²) in [6.07, 6.45) is -4.80. The van der Waals surface area contributed by atoms with Crippen LogP contribution in [-0.2, 0) is 6.18 Å². The molecule has 0 saturated heterocycles. The van der Waals surface area contributed by atoms with Crippen molar-refractivity contribution in [2.75, 3.05) is 0 Å². The highest BCUT2D eigenvalue weighted by Gasteiger charge is 2.37. The van der Waals surface area contributed by atoms with Gasteiger partial charge in [0.25, 0.3) is 0 Å². The Bertz CT molecular complexity index is 688. The molecule has 0 saturated carbocycles. The number of pyridine rings is 2.